The average Bonchev–Trinajstić information content (AvgIpc) is 3.26. The molecule has 2 aromatic carbocycles. The van der Waals surface area contributed by atoms with E-state index in [0.717, 1.165) is 16.5 Å². The molecule has 2 aromatic rings. The zero-order chi connectivity index (χ0) is 25.1. The minimum atomic E-state index is -0.872. The molecule has 0 N–H and O–H groups in total. The van der Waals surface area contributed by atoms with E-state index in [1.165, 1.54) is 10.6 Å². The molecule has 0 aromatic heterocycles. The number of carbonyl (C=O) groups excluding carboxylic acids is 1. The summed E-state index contributed by atoms with van der Waals surface area (Å²) in [6.07, 6.45) is 5.48. The maximum absolute atomic E-state index is 13.7. The van der Waals surface area contributed by atoms with Crippen LogP contribution < -0.4 is 10.6 Å². The summed E-state index contributed by atoms with van der Waals surface area (Å²) in [6.45, 7) is 21.2. The fraction of sp³-hybridized carbons (Fsp3) is 0.323. The minimum absolute atomic E-state index is 0.218. The Balaban J connectivity index is 1.96. The van der Waals surface area contributed by atoms with Gasteiger partial charge in [0, 0.05) is 0 Å². The Bertz CT molecular complexity index is 1030. The number of carbonyl (C=O) groups is 1. The van der Waals surface area contributed by atoms with Crippen molar-refractivity contribution in [3.63, 3.8) is 0 Å². The van der Waals surface area contributed by atoms with E-state index in [9.17, 15) is 4.79 Å². The highest BCUT2D eigenvalue weighted by molar-refractivity contribution is 7.76. The first-order chi connectivity index (χ1) is 15.9. The Morgan fingerprint density at radius 1 is 0.824 bits per heavy atom. The van der Waals surface area contributed by atoms with Crippen molar-refractivity contribution in [2.24, 2.45) is 16.7 Å². The van der Waals surface area contributed by atoms with E-state index in [0.29, 0.717) is 0 Å². The van der Waals surface area contributed by atoms with Crippen LogP contribution in [0.2, 0.25) is 0 Å². The van der Waals surface area contributed by atoms with Gasteiger partial charge in [-0.1, -0.05) is 134 Å². The largest absolute Gasteiger partial charge is 0.453 e. The molecule has 1 unspecified atom stereocenters. The van der Waals surface area contributed by atoms with Gasteiger partial charge >= 0.3 is 5.97 Å². The third-order valence-electron chi connectivity index (χ3n) is 6.22. The van der Waals surface area contributed by atoms with E-state index in [-0.39, 0.29) is 16.8 Å². The Kier molecular flexibility index (Phi) is 7.84. The summed E-state index contributed by atoms with van der Waals surface area (Å²) in [6, 6.07) is 20.9. The summed E-state index contributed by atoms with van der Waals surface area (Å²) in [4.78, 5) is 13.7. The van der Waals surface area contributed by atoms with Crippen LogP contribution in [0.25, 0.3) is 0 Å². The van der Waals surface area contributed by atoms with Crippen molar-refractivity contribution in [1.82, 2.24) is 0 Å². The summed E-state index contributed by atoms with van der Waals surface area (Å²) in [5, 5.41) is 3.51. The van der Waals surface area contributed by atoms with Crippen LogP contribution in [0.1, 0.15) is 41.5 Å². The van der Waals surface area contributed by atoms with E-state index < -0.39 is 19.9 Å². The molecule has 1 aliphatic carbocycles. The van der Waals surface area contributed by atoms with Crippen LogP contribution in [-0.4, -0.2) is 12.1 Å². The fourth-order valence-electron chi connectivity index (χ4n) is 3.81. The van der Waals surface area contributed by atoms with Crippen LogP contribution in [0.4, 0.5) is 0 Å². The van der Waals surface area contributed by atoms with Crippen molar-refractivity contribution in [1.29, 1.82) is 0 Å². The Hall–Kier alpha value is -2.70. The molecule has 1 aliphatic rings. The Morgan fingerprint density at radius 2 is 1.26 bits per heavy atom. The normalized spacial score (nSPS) is 16.0. The molecule has 2 nitrogen and oxygen atoms in total. The maximum Gasteiger partial charge on any atom is 0.318 e. The molecule has 0 heterocycles. The van der Waals surface area contributed by atoms with Gasteiger partial charge in [-0.3, -0.25) is 4.79 Å². The van der Waals surface area contributed by atoms with Crippen LogP contribution in [-0.2, 0) is 9.53 Å². The predicted molar refractivity (Wildman–Crippen MR) is 147 cm³/mol. The third kappa shape index (κ3) is 5.86. The zero-order valence-electron chi connectivity index (χ0n) is 21.3. The first-order valence-electron chi connectivity index (χ1n) is 11.8. The number of esters is 1. The SMILES string of the molecule is C=C(C(OC(=O)C1C=CC=C1P(c1ccccc1)c1ccccc1)C(=C)C(C)(C)C)C(C)(C)C. The topological polar surface area (TPSA) is 26.3 Å². The highest BCUT2D eigenvalue weighted by Gasteiger charge is 2.37. The number of hydrogen-bond donors (Lipinski definition) is 0. The molecule has 34 heavy (non-hydrogen) atoms. The second-order valence-electron chi connectivity index (χ2n) is 10.8. The van der Waals surface area contributed by atoms with Crippen molar-refractivity contribution >= 4 is 24.5 Å². The lowest BCUT2D eigenvalue weighted by Crippen LogP contribution is -2.34. The van der Waals surface area contributed by atoms with Gasteiger partial charge in [0.15, 0.2) is 0 Å². The maximum atomic E-state index is 13.7. The van der Waals surface area contributed by atoms with Gasteiger partial charge < -0.3 is 4.74 Å². The van der Waals surface area contributed by atoms with Gasteiger partial charge in [-0.05, 0) is 45.8 Å². The van der Waals surface area contributed by atoms with E-state index in [1.807, 2.05) is 24.3 Å². The molecule has 0 amide bonds. The number of hydrogen-bond acceptors (Lipinski definition) is 2. The van der Waals surface area contributed by atoms with E-state index >= 15 is 0 Å². The molecule has 178 valence electrons. The van der Waals surface area contributed by atoms with Gasteiger partial charge in [0.25, 0.3) is 0 Å². The van der Waals surface area contributed by atoms with Crippen molar-refractivity contribution in [2.45, 2.75) is 47.6 Å². The third-order valence-corrected chi connectivity index (χ3v) is 8.80. The Morgan fingerprint density at radius 3 is 1.68 bits per heavy atom. The molecular formula is C31H37O2P. The molecule has 1 atom stereocenters. The molecule has 0 aliphatic heterocycles. The molecule has 0 bridgehead atoms. The molecule has 0 radical (unpaired) electrons. The quantitative estimate of drug-likeness (QED) is 0.240. The van der Waals surface area contributed by atoms with Gasteiger partial charge in [-0.2, -0.15) is 0 Å². The molecule has 0 spiro atoms. The zero-order valence-corrected chi connectivity index (χ0v) is 22.2. The summed E-state index contributed by atoms with van der Waals surface area (Å²) < 4.78 is 6.24. The van der Waals surface area contributed by atoms with E-state index in [4.69, 9.17) is 4.74 Å². The molecule has 0 saturated heterocycles. The molecular weight excluding hydrogens is 435 g/mol. The minimum Gasteiger partial charge on any atom is -0.453 e. The van der Waals surface area contributed by atoms with Crippen molar-refractivity contribution in [2.75, 3.05) is 0 Å². The summed E-state index contributed by atoms with van der Waals surface area (Å²) in [5.41, 5.74) is 1.29. The van der Waals surface area contributed by atoms with E-state index in [1.54, 1.807) is 0 Å². The molecule has 0 saturated carbocycles. The molecule has 3 heteroatoms. The van der Waals surface area contributed by atoms with Crippen LogP contribution in [0.15, 0.2) is 109 Å². The van der Waals surface area contributed by atoms with Crippen LogP contribution in [0.3, 0.4) is 0 Å². The van der Waals surface area contributed by atoms with Crippen LogP contribution >= 0.6 is 7.92 Å². The number of allylic oxidation sites excluding steroid dienone is 2. The standard InChI is InChI=1S/C31H37O2P/c1-22(30(3,4)5)28(23(2)31(6,7)8)33-29(32)26-20-15-21-27(26)34(24-16-11-9-12-17-24)25-18-13-10-14-19-25/h9-21,26,28H,1-2H2,3-8H3. The lowest BCUT2D eigenvalue weighted by molar-refractivity contribution is -0.148. The number of benzene rings is 2. The van der Waals surface area contributed by atoms with Crippen molar-refractivity contribution in [3.8, 4) is 0 Å². The summed E-state index contributed by atoms with van der Waals surface area (Å²) in [7, 11) is -0.872. The van der Waals surface area contributed by atoms with Crippen molar-refractivity contribution in [3.05, 3.63) is 109 Å². The van der Waals surface area contributed by atoms with E-state index in [2.05, 4.69) is 109 Å². The first kappa shape index (κ1) is 25.9. The van der Waals surface area contributed by atoms with Gasteiger partial charge in [0.1, 0.15) is 12.0 Å². The number of ether oxygens (including phenoxy) is 1. The molecule has 3 rings (SSSR count). The highest BCUT2D eigenvalue weighted by atomic mass is 31.1. The lowest BCUT2D eigenvalue weighted by atomic mass is 9.75. The van der Waals surface area contributed by atoms with Crippen LogP contribution in [0, 0.1) is 16.7 Å². The van der Waals surface area contributed by atoms with Crippen molar-refractivity contribution < 1.29 is 9.53 Å². The highest BCUT2D eigenvalue weighted by Crippen LogP contribution is 2.49. The predicted octanol–water partition coefficient (Wildman–Crippen LogP) is 7.31. The Labute approximate surface area is 206 Å². The lowest BCUT2D eigenvalue weighted by Gasteiger charge is -2.36. The smallest absolute Gasteiger partial charge is 0.318 e. The first-order valence-corrected chi connectivity index (χ1v) is 13.1. The summed E-state index contributed by atoms with van der Waals surface area (Å²) >= 11 is 0. The average molecular weight is 473 g/mol. The fourth-order valence-corrected chi connectivity index (χ4v) is 6.35. The van der Waals surface area contributed by atoms with Gasteiger partial charge in [0.2, 0.25) is 0 Å². The second kappa shape index (κ2) is 10.3. The van der Waals surface area contributed by atoms with Crippen LogP contribution in [0.5, 0.6) is 0 Å². The second-order valence-corrected chi connectivity index (χ2v) is 13.0. The van der Waals surface area contributed by atoms with Gasteiger partial charge in [-0.25, -0.2) is 0 Å². The number of rotatable bonds is 7. The van der Waals surface area contributed by atoms with Gasteiger partial charge in [-0.15, -0.1) is 0 Å². The van der Waals surface area contributed by atoms with Gasteiger partial charge in [0.05, 0.1) is 0 Å². The monoisotopic (exact) mass is 472 g/mol. The summed E-state index contributed by atoms with van der Waals surface area (Å²) in [5.74, 6) is -0.685. The molecule has 0 fully saturated rings.